The van der Waals surface area contributed by atoms with Crippen LogP contribution in [-0.2, 0) is 6.42 Å². The number of aliphatic hydroxyl groups excluding tert-OH is 2. The molecule has 4 N–H and O–H groups in total. The summed E-state index contributed by atoms with van der Waals surface area (Å²) in [6, 6.07) is 0. The minimum atomic E-state index is -0.455. The van der Waals surface area contributed by atoms with Crippen LogP contribution in [0.3, 0.4) is 0 Å². The first-order chi connectivity index (χ1) is 9.69. The molecule has 3 heterocycles. The van der Waals surface area contributed by atoms with Gasteiger partial charge in [0.1, 0.15) is 5.52 Å². The summed E-state index contributed by atoms with van der Waals surface area (Å²) in [7, 11) is 0. The zero-order valence-corrected chi connectivity index (χ0v) is 11.0. The molecule has 0 aliphatic carbocycles. The molecule has 0 saturated carbocycles. The van der Waals surface area contributed by atoms with Gasteiger partial charge in [-0.05, 0) is 12.0 Å². The highest BCUT2D eigenvalue weighted by Crippen LogP contribution is 2.18. The predicted molar refractivity (Wildman–Crippen MR) is 73.4 cm³/mol. The van der Waals surface area contributed by atoms with Crippen molar-refractivity contribution in [3.8, 4) is 0 Å². The molecule has 7 heteroatoms. The van der Waals surface area contributed by atoms with Crippen LogP contribution >= 0.6 is 0 Å². The summed E-state index contributed by atoms with van der Waals surface area (Å²) >= 11 is 0. The molecule has 20 heavy (non-hydrogen) atoms. The lowest BCUT2D eigenvalue weighted by Crippen LogP contribution is -2.24. The van der Waals surface area contributed by atoms with Crippen LogP contribution in [-0.4, -0.2) is 62.4 Å². The number of nitrogens with zero attached hydrogens (tertiary/aromatic N) is 2. The van der Waals surface area contributed by atoms with Crippen molar-refractivity contribution in [1.29, 1.82) is 0 Å². The van der Waals surface area contributed by atoms with E-state index in [0.29, 0.717) is 24.1 Å². The van der Waals surface area contributed by atoms with E-state index in [9.17, 15) is 9.90 Å². The lowest BCUT2D eigenvalue weighted by atomic mass is 10.1. The molecule has 0 spiro atoms. The summed E-state index contributed by atoms with van der Waals surface area (Å²) in [6.45, 7) is 2.08. The third-order valence-electron chi connectivity index (χ3n) is 3.96. The average Bonchev–Trinajstić information content (AvgIpc) is 3.01. The molecule has 0 radical (unpaired) electrons. The van der Waals surface area contributed by atoms with Crippen LogP contribution < -0.4 is 5.56 Å². The monoisotopic (exact) mass is 278 g/mol. The molecule has 1 aliphatic rings. The molecule has 1 aliphatic heterocycles. The van der Waals surface area contributed by atoms with Crippen molar-refractivity contribution in [3.63, 3.8) is 0 Å². The number of hydrogen-bond acceptors (Lipinski definition) is 5. The van der Waals surface area contributed by atoms with Gasteiger partial charge in [-0.1, -0.05) is 0 Å². The Balaban J connectivity index is 1.69. The third kappa shape index (κ3) is 2.35. The first-order valence-corrected chi connectivity index (χ1v) is 6.74. The Morgan fingerprint density at radius 3 is 3.00 bits per heavy atom. The van der Waals surface area contributed by atoms with E-state index in [1.807, 2.05) is 6.20 Å². The van der Waals surface area contributed by atoms with E-state index in [1.54, 1.807) is 0 Å². The molecule has 2 aromatic rings. The SMILES string of the molecule is O=c1[nH]cnc2c(CCN3C[C@@H](CO)[C@@H](O)C3)c[nH]c12. The van der Waals surface area contributed by atoms with E-state index in [1.165, 1.54) is 6.33 Å². The Hall–Kier alpha value is -1.70. The number of β-amino-alcohol motifs (C(OH)–C–C–N with tert-alkyl or cyclic N) is 1. The number of aromatic amines is 2. The van der Waals surface area contributed by atoms with Crippen LogP contribution in [0.5, 0.6) is 0 Å². The zero-order chi connectivity index (χ0) is 14.1. The third-order valence-corrected chi connectivity index (χ3v) is 3.96. The van der Waals surface area contributed by atoms with Gasteiger partial charge in [-0.15, -0.1) is 0 Å². The molecule has 7 nitrogen and oxygen atoms in total. The molecule has 0 aromatic carbocycles. The lowest BCUT2D eigenvalue weighted by molar-refractivity contribution is 0.103. The first kappa shape index (κ1) is 13.3. The number of H-pyrrole nitrogens is 2. The van der Waals surface area contributed by atoms with E-state index in [2.05, 4.69) is 19.9 Å². The number of hydrogen-bond donors (Lipinski definition) is 4. The molecule has 1 fully saturated rings. The van der Waals surface area contributed by atoms with Crippen LogP contribution in [0.4, 0.5) is 0 Å². The van der Waals surface area contributed by atoms with Gasteiger partial charge in [-0.25, -0.2) is 4.98 Å². The first-order valence-electron chi connectivity index (χ1n) is 6.74. The van der Waals surface area contributed by atoms with E-state index in [4.69, 9.17) is 5.11 Å². The van der Waals surface area contributed by atoms with Gasteiger partial charge in [0.25, 0.3) is 5.56 Å². The van der Waals surface area contributed by atoms with Crippen molar-refractivity contribution < 1.29 is 10.2 Å². The van der Waals surface area contributed by atoms with Crippen molar-refractivity contribution in [2.75, 3.05) is 26.2 Å². The van der Waals surface area contributed by atoms with Crippen molar-refractivity contribution in [2.24, 2.45) is 5.92 Å². The van der Waals surface area contributed by atoms with Crippen molar-refractivity contribution in [2.45, 2.75) is 12.5 Å². The van der Waals surface area contributed by atoms with Gasteiger partial charge in [0, 0.05) is 38.4 Å². The smallest absolute Gasteiger partial charge is 0.275 e. The highest BCUT2D eigenvalue weighted by molar-refractivity contribution is 5.77. The van der Waals surface area contributed by atoms with Gasteiger partial charge < -0.3 is 20.2 Å². The summed E-state index contributed by atoms with van der Waals surface area (Å²) in [4.78, 5) is 23.4. The minimum Gasteiger partial charge on any atom is -0.396 e. The maximum Gasteiger partial charge on any atom is 0.275 e. The molecule has 1 saturated heterocycles. The largest absolute Gasteiger partial charge is 0.396 e. The Bertz CT molecular complexity index is 650. The van der Waals surface area contributed by atoms with Crippen LogP contribution in [0, 0.1) is 5.92 Å². The van der Waals surface area contributed by atoms with Crippen molar-refractivity contribution in [1.82, 2.24) is 19.9 Å². The maximum absolute atomic E-state index is 11.6. The molecule has 3 rings (SSSR count). The van der Waals surface area contributed by atoms with Crippen LogP contribution in [0.25, 0.3) is 11.0 Å². The Morgan fingerprint density at radius 1 is 1.40 bits per heavy atom. The molecule has 0 unspecified atom stereocenters. The van der Waals surface area contributed by atoms with Gasteiger partial charge in [0.2, 0.25) is 0 Å². The summed E-state index contributed by atoms with van der Waals surface area (Å²) in [5.41, 5.74) is 2.02. The Labute approximate surface area is 115 Å². The predicted octanol–water partition coefficient (Wildman–Crippen LogP) is -0.921. The van der Waals surface area contributed by atoms with Gasteiger partial charge in [-0.3, -0.25) is 9.69 Å². The lowest BCUT2D eigenvalue weighted by Gasteiger charge is -2.14. The van der Waals surface area contributed by atoms with Crippen molar-refractivity contribution >= 4 is 11.0 Å². The molecular formula is C13H18N4O3. The van der Waals surface area contributed by atoms with Gasteiger partial charge in [0.15, 0.2) is 0 Å². The molecule has 0 amide bonds. The van der Waals surface area contributed by atoms with Crippen molar-refractivity contribution in [3.05, 3.63) is 28.4 Å². The summed E-state index contributed by atoms with van der Waals surface area (Å²) in [5, 5.41) is 18.9. The fourth-order valence-electron chi connectivity index (χ4n) is 2.78. The number of likely N-dealkylation sites (tertiary alicyclic amines) is 1. The Morgan fingerprint density at radius 2 is 2.25 bits per heavy atom. The standard InChI is InChI=1S/C13H18N4O3/c18-6-9-4-17(5-10(9)19)2-1-8-3-14-12-11(8)15-7-16-13(12)20/h3,7,9-10,14,18-19H,1-2,4-6H2,(H,15,16,20)/t9-,10-/m0/s1. The summed E-state index contributed by atoms with van der Waals surface area (Å²) in [6.07, 6.45) is 3.51. The maximum atomic E-state index is 11.6. The van der Waals surface area contributed by atoms with Crippen LogP contribution in [0.2, 0.25) is 0 Å². The minimum absolute atomic E-state index is 0.0156. The van der Waals surface area contributed by atoms with Gasteiger partial charge >= 0.3 is 0 Å². The topological polar surface area (TPSA) is 105 Å². The molecule has 108 valence electrons. The summed E-state index contributed by atoms with van der Waals surface area (Å²) < 4.78 is 0. The quantitative estimate of drug-likeness (QED) is 0.579. The van der Waals surface area contributed by atoms with E-state index < -0.39 is 6.10 Å². The normalized spacial score (nSPS) is 23.7. The second-order valence-electron chi connectivity index (χ2n) is 5.29. The molecule has 2 aromatic heterocycles. The number of nitrogens with one attached hydrogen (secondary N) is 2. The second kappa shape index (κ2) is 5.35. The Kier molecular flexibility index (Phi) is 3.56. The highest BCUT2D eigenvalue weighted by Gasteiger charge is 2.30. The molecule has 0 bridgehead atoms. The average molecular weight is 278 g/mol. The number of fused-ring (bicyclic) bond motifs is 1. The number of rotatable bonds is 4. The molecule has 2 atom stereocenters. The van der Waals surface area contributed by atoms with E-state index >= 15 is 0 Å². The summed E-state index contributed by atoms with van der Waals surface area (Å²) in [5.74, 6) is -0.0565. The molecular weight excluding hydrogens is 260 g/mol. The van der Waals surface area contributed by atoms with Gasteiger partial charge in [-0.2, -0.15) is 0 Å². The van der Waals surface area contributed by atoms with Crippen LogP contribution in [0.1, 0.15) is 5.56 Å². The van der Waals surface area contributed by atoms with E-state index in [0.717, 1.165) is 18.5 Å². The fraction of sp³-hybridized carbons (Fsp3) is 0.538. The fourth-order valence-corrected chi connectivity index (χ4v) is 2.78. The van der Waals surface area contributed by atoms with Crippen LogP contribution in [0.15, 0.2) is 17.3 Å². The van der Waals surface area contributed by atoms with Gasteiger partial charge in [0.05, 0.1) is 17.9 Å². The number of aromatic nitrogens is 3. The van der Waals surface area contributed by atoms with E-state index in [-0.39, 0.29) is 18.1 Å². The second-order valence-corrected chi connectivity index (χ2v) is 5.29. The highest BCUT2D eigenvalue weighted by atomic mass is 16.3. The zero-order valence-electron chi connectivity index (χ0n) is 11.0. The number of aliphatic hydroxyl groups is 2.